The molecule has 6 heteroatoms. The molecule has 0 aromatic heterocycles. The zero-order valence-electron chi connectivity index (χ0n) is 16.8. The molecule has 27 heavy (non-hydrogen) atoms. The Morgan fingerprint density at radius 2 is 1.56 bits per heavy atom. The number of aryl methyl sites for hydroxylation is 4. The van der Waals surface area contributed by atoms with Crippen LogP contribution in [0, 0.1) is 27.7 Å². The van der Waals surface area contributed by atoms with Crippen molar-refractivity contribution in [3.8, 4) is 0 Å². The zero-order chi connectivity index (χ0) is 20.4. The highest BCUT2D eigenvalue weighted by Crippen LogP contribution is 2.27. The summed E-state index contributed by atoms with van der Waals surface area (Å²) in [6.07, 6.45) is 1.50. The van der Waals surface area contributed by atoms with E-state index in [2.05, 4.69) is 5.32 Å². The topological polar surface area (TPSA) is 66.5 Å². The smallest absolute Gasteiger partial charge is 0.248 e. The summed E-state index contributed by atoms with van der Waals surface area (Å²) in [5, 5.41) is 2.94. The third-order valence-corrected chi connectivity index (χ3v) is 5.70. The van der Waals surface area contributed by atoms with E-state index in [4.69, 9.17) is 0 Å². The second-order valence-electron chi connectivity index (χ2n) is 7.08. The number of rotatable bonds is 6. The standard InChI is InChI=1S/C21H28N2O3S/c1-7-19(21(24)22-20-16(4)9-8-10-17(20)5)23(27(6,25)26)18-12-14(2)11-15(3)13-18/h8-13,19H,7H2,1-6H3,(H,22,24)/t19-/m0/s1. The molecule has 1 N–H and O–H groups in total. The van der Waals surface area contributed by atoms with Crippen LogP contribution in [0.25, 0.3) is 0 Å². The van der Waals surface area contributed by atoms with Crippen molar-refractivity contribution in [3.63, 3.8) is 0 Å². The summed E-state index contributed by atoms with van der Waals surface area (Å²) in [5.74, 6) is -0.334. The summed E-state index contributed by atoms with van der Waals surface area (Å²) >= 11 is 0. The molecular formula is C21H28N2O3S. The van der Waals surface area contributed by atoms with Crippen LogP contribution in [0.5, 0.6) is 0 Å². The van der Waals surface area contributed by atoms with E-state index in [-0.39, 0.29) is 5.91 Å². The van der Waals surface area contributed by atoms with Crippen molar-refractivity contribution < 1.29 is 13.2 Å². The lowest BCUT2D eigenvalue weighted by molar-refractivity contribution is -0.117. The van der Waals surface area contributed by atoms with Crippen LogP contribution in [-0.4, -0.2) is 26.6 Å². The maximum atomic E-state index is 13.1. The lowest BCUT2D eigenvalue weighted by Crippen LogP contribution is -2.47. The zero-order valence-corrected chi connectivity index (χ0v) is 17.6. The molecule has 146 valence electrons. The molecule has 0 bridgehead atoms. The largest absolute Gasteiger partial charge is 0.324 e. The van der Waals surface area contributed by atoms with Crippen molar-refractivity contribution in [1.29, 1.82) is 0 Å². The van der Waals surface area contributed by atoms with E-state index in [1.165, 1.54) is 4.31 Å². The summed E-state index contributed by atoms with van der Waals surface area (Å²) < 4.78 is 26.4. The SMILES string of the molecule is CC[C@@H](C(=O)Nc1c(C)cccc1C)N(c1cc(C)cc(C)c1)S(C)(=O)=O. The first kappa shape index (κ1) is 21.0. The van der Waals surface area contributed by atoms with Gasteiger partial charge in [0.1, 0.15) is 6.04 Å². The molecule has 0 unspecified atom stereocenters. The summed E-state index contributed by atoms with van der Waals surface area (Å²) in [4.78, 5) is 13.1. The van der Waals surface area contributed by atoms with Crippen LogP contribution in [0.15, 0.2) is 36.4 Å². The summed E-state index contributed by atoms with van der Waals surface area (Å²) in [6.45, 7) is 9.47. The van der Waals surface area contributed by atoms with E-state index in [0.29, 0.717) is 12.1 Å². The summed E-state index contributed by atoms with van der Waals surface area (Å²) in [7, 11) is -3.65. The highest BCUT2D eigenvalue weighted by molar-refractivity contribution is 7.92. The second-order valence-corrected chi connectivity index (χ2v) is 8.94. The van der Waals surface area contributed by atoms with Gasteiger partial charge in [0.2, 0.25) is 15.9 Å². The Hall–Kier alpha value is -2.34. The third kappa shape index (κ3) is 4.89. The predicted octanol–water partition coefficient (Wildman–Crippen LogP) is 4.10. The van der Waals surface area contributed by atoms with E-state index in [9.17, 15) is 13.2 Å². The third-order valence-electron chi connectivity index (χ3n) is 4.52. The van der Waals surface area contributed by atoms with Gasteiger partial charge in [0.25, 0.3) is 0 Å². The molecule has 0 aliphatic carbocycles. The van der Waals surface area contributed by atoms with Crippen LogP contribution < -0.4 is 9.62 Å². The number of carbonyl (C=O) groups is 1. The summed E-state index contributed by atoms with van der Waals surface area (Å²) in [6, 6.07) is 10.5. The molecule has 0 saturated heterocycles. The molecule has 0 fully saturated rings. The van der Waals surface area contributed by atoms with Gasteiger partial charge < -0.3 is 5.32 Å². The molecule has 0 aliphatic rings. The molecule has 0 saturated carbocycles. The van der Waals surface area contributed by atoms with E-state index in [0.717, 1.165) is 34.2 Å². The van der Waals surface area contributed by atoms with Gasteiger partial charge in [-0.25, -0.2) is 8.42 Å². The normalized spacial score (nSPS) is 12.5. The number of sulfonamides is 1. The molecule has 0 heterocycles. The van der Waals surface area contributed by atoms with Crippen molar-refractivity contribution in [1.82, 2.24) is 0 Å². The Labute approximate surface area is 162 Å². The van der Waals surface area contributed by atoms with Crippen LogP contribution in [0.3, 0.4) is 0 Å². The van der Waals surface area contributed by atoms with Gasteiger partial charge in [0.05, 0.1) is 11.9 Å². The molecule has 0 spiro atoms. The first-order valence-corrected chi connectivity index (χ1v) is 10.8. The predicted molar refractivity (Wildman–Crippen MR) is 112 cm³/mol. The lowest BCUT2D eigenvalue weighted by atomic mass is 10.1. The second kappa shape index (κ2) is 8.13. The van der Waals surface area contributed by atoms with Gasteiger partial charge in [-0.3, -0.25) is 9.10 Å². The molecule has 5 nitrogen and oxygen atoms in total. The Morgan fingerprint density at radius 1 is 1.04 bits per heavy atom. The summed E-state index contributed by atoms with van der Waals surface area (Å²) in [5.41, 5.74) is 5.02. The maximum absolute atomic E-state index is 13.1. The minimum Gasteiger partial charge on any atom is -0.324 e. The minimum atomic E-state index is -3.65. The average molecular weight is 389 g/mol. The number of carbonyl (C=O) groups excluding carboxylic acids is 1. The number of hydrogen-bond donors (Lipinski definition) is 1. The average Bonchev–Trinajstić information content (AvgIpc) is 2.53. The van der Waals surface area contributed by atoms with E-state index in [1.54, 1.807) is 12.1 Å². The van der Waals surface area contributed by atoms with E-state index in [1.807, 2.05) is 58.9 Å². The van der Waals surface area contributed by atoms with Crippen LogP contribution in [0.1, 0.15) is 35.6 Å². The Morgan fingerprint density at radius 3 is 2.00 bits per heavy atom. The Balaban J connectivity index is 2.48. The minimum absolute atomic E-state index is 0.334. The first-order valence-electron chi connectivity index (χ1n) is 8.99. The monoisotopic (exact) mass is 388 g/mol. The van der Waals surface area contributed by atoms with Gasteiger partial charge in [-0.1, -0.05) is 31.2 Å². The number of amides is 1. The first-order chi connectivity index (χ1) is 12.5. The molecule has 1 atom stereocenters. The lowest BCUT2D eigenvalue weighted by Gasteiger charge is -2.31. The molecule has 2 rings (SSSR count). The van der Waals surface area contributed by atoms with Crippen LogP contribution in [0.4, 0.5) is 11.4 Å². The van der Waals surface area contributed by atoms with Gasteiger partial charge >= 0.3 is 0 Å². The number of benzene rings is 2. The number of anilines is 2. The van der Waals surface area contributed by atoms with E-state index >= 15 is 0 Å². The number of para-hydroxylation sites is 1. The van der Waals surface area contributed by atoms with Crippen molar-refractivity contribution in [2.75, 3.05) is 15.9 Å². The quantitative estimate of drug-likeness (QED) is 0.810. The number of nitrogens with one attached hydrogen (secondary N) is 1. The Kier molecular flexibility index (Phi) is 6.31. The van der Waals surface area contributed by atoms with Crippen LogP contribution in [0.2, 0.25) is 0 Å². The van der Waals surface area contributed by atoms with Gasteiger partial charge in [0.15, 0.2) is 0 Å². The number of hydrogen-bond acceptors (Lipinski definition) is 3. The van der Waals surface area contributed by atoms with Crippen LogP contribution in [-0.2, 0) is 14.8 Å². The van der Waals surface area contributed by atoms with Gasteiger partial charge in [0, 0.05) is 5.69 Å². The highest BCUT2D eigenvalue weighted by atomic mass is 32.2. The molecule has 2 aromatic rings. The molecular weight excluding hydrogens is 360 g/mol. The van der Waals surface area contributed by atoms with E-state index < -0.39 is 16.1 Å². The fraction of sp³-hybridized carbons (Fsp3) is 0.381. The van der Waals surface area contributed by atoms with Gasteiger partial charge in [-0.15, -0.1) is 0 Å². The molecule has 2 aromatic carbocycles. The van der Waals surface area contributed by atoms with Crippen molar-refractivity contribution >= 4 is 27.3 Å². The Bertz CT molecular complexity index is 911. The van der Waals surface area contributed by atoms with Crippen molar-refractivity contribution in [2.45, 2.75) is 47.1 Å². The fourth-order valence-electron chi connectivity index (χ4n) is 3.36. The number of nitrogens with zero attached hydrogens (tertiary/aromatic N) is 1. The van der Waals surface area contributed by atoms with Crippen molar-refractivity contribution in [3.05, 3.63) is 58.7 Å². The highest BCUT2D eigenvalue weighted by Gasteiger charge is 2.32. The molecule has 1 amide bonds. The maximum Gasteiger partial charge on any atom is 0.248 e. The molecule has 0 aliphatic heterocycles. The van der Waals surface area contributed by atoms with Crippen LogP contribution >= 0.6 is 0 Å². The van der Waals surface area contributed by atoms with Gasteiger partial charge in [-0.05, 0) is 68.5 Å². The van der Waals surface area contributed by atoms with Crippen molar-refractivity contribution in [2.24, 2.45) is 0 Å². The fourth-order valence-corrected chi connectivity index (χ4v) is 4.55. The molecule has 0 radical (unpaired) electrons. The van der Waals surface area contributed by atoms with Gasteiger partial charge in [-0.2, -0.15) is 0 Å².